The van der Waals surface area contributed by atoms with Gasteiger partial charge in [-0.1, -0.05) is 30.3 Å². The molecule has 0 spiro atoms. The Hall–Kier alpha value is -2.95. The van der Waals surface area contributed by atoms with Crippen LogP contribution in [0.3, 0.4) is 0 Å². The molecule has 5 nitrogen and oxygen atoms in total. The van der Waals surface area contributed by atoms with Crippen LogP contribution in [0.5, 0.6) is 0 Å². The van der Waals surface area contributed by atoms with Crippen LogP contribution in [0.25, 0.3) is 0 Å². The van der Waals surface area contributed by atoms with Crippen molar-refractivity contribution in [2.45, 2.75) is 58.9 Å². The second-order valence-electron chi connectivity index (χ2n) is 8.89. The average Bonchev–Trinajstić information content (AvgIpc) is 3.18. The number of aliphatic imine (C=N–C) groups is 1. The third-order valence-electron chi connectivity index (χ3n) is 6.46. The van der Waals surface area contributed by atoms with Crippen LogP contribution in [0.1, 0.15) is 49.3 Å². The van der Waals surface area contributed by atoms with E-state index in [0.717, 1.165) is 60.3 Å². The molecule has 0 radical (unpaired) electrons. The lowest BCUT2D eigenvalue weighted by Gasteiger charge is -2.26. The molecule has 1 heterocycles. The fourth-order valence-corrected chi connectivity index (χ4v) is 4.51. The van der Waals surface area contributed by atoms with Crippen molar-refractivity contribution in [1.29, 1.82) is 0 Å². The topological polar surface area (TPSA) is 61.8 Å². The maximum absolute atomic E-state index is 13.4. The van der Waals surface area contributed by atoms with E-state index in [1.54, 1.807) is 4.90 Å². The number of amides is 2. The fraction of sp³-hybridized carbons (Fsp3) is 0.423. The van der Waals surface area contributed by atoms with Gasteiger partial charge in [-0.25, -0.2) is 0 Å². The third kappa shape index (κ3) is 4.71. The van der Waals surface area contributed by atoms with E-state index in [1.165, 1.54) is 5.56 Å². The van der Waals surface area contributed by atoms with Gasteiger partial charge < -0.3 is 10.2 Å². The summed E-state index contributed by atoms with van der Waals surface area (Å²) < 4.78 is 0. The van der Waals surface area contributed by atoms with Gasteiger partial charge >= 0.3 is 0 Å². The molecule has 1 aliphatic heterocycles. The third-order valence-corrected chi connectivity index (χ3v) is 6.46. The lowest BCUT2D eigenvalue weighted by Crippen LogP contribution is -2.45. The van der Waals surface area contributed by atoms with Gasteiger partial charge in [-0.05, 0) is 81.7 Å². The number of hydrogen-bond donors (Lipinski definition) is 1. The predicted molar refractivity (Wildman–Crippen MR) is 125 cm³/mol. The normalized spacial score (nSPS) is 18.7. The van der Waals surface area contributed by atoms with Crippen molar-refractivity contribution < 1.29 is 9.59 Å². The van der Waals surface area contributed by atoms with Crippen LogP contribution in [-0.2, 0) is 16.0 Å². The summed E-state index contributed by atoms with van der Waals surface area (Å²) >= 11 is 0. The first-order valence-corrected chi connectivity index (χ1v) is 11.3. The Balaban J connectivity index is 1.48. The molecule has 4 rings (SSSR count). The number of anilines is 1. The molecule has 0 saturated heterocycles. The SMILES string of the molecule is Cc1cc2c(cc1C)N(CC(=O)N[C@@H](C)CCc1ccccc1)C(=O)[C@H]1CCCC1=N2. The van der Waals surface area contributed by atoms with Gasteiger partial charge in [0.25, 0.3) is 0 Å². The summed E-state index contributed by atoms with van der Waals surface area (Å²) in [5.74, 6) is -0.318. The van der Waals surface area contributed by atoms with E-state index >= 15 is 0 Å². The van der Waals surface area contributed by atoms with Crippen molar-refractivity contribution in [3.63, 3.8) is 0 Å². The molecule has 0 unspecified atom stereocenters. The summed E-state index contributed by atoms with van der Waals surface area (Å²) in [5, 5.41) is 3.08. The minimum absolute atomic E-state index is 0.00495. The Kier molecular flexibility index (Phi) is 6.21. The molecular formula is C26H31N3O2. The number of carbonyl (C=O) groups excluding carboxylic acids is 2. The molecule has 2 aliphatic rings. The molecule has 1 saturated carbocycles. The van der Waals surface area contributed by atoms with Gasteiger partial charge in [0.05, 0.1) is 17.3 Å². The molecule has 2 amide bonds. The first kappa shape index (κ1) is 21.3. The van der Waals surface area contributed by atoms with Gasteiger partial charge in [-0.2, -0.15) is 0 Å². The number of carbonyl (C=O) groups is 2. The first-order valence-electron chi connectivity index (χ1n) is 11.3. The predicted octanol–water partition coefficient (Wildman–Crippen LogP) is 4.66. The Morgan fingerprint density at radius 2 is 1.94 bits per heavy atom. The minimum atomic E-state index is -0.198. The van der Waals surface area contributed by atoms with E-state index in [-0.39, 0.29) is 30.3 Å². The van der Waals surface area contributed by atoms with Gasteiger partial charge in [-0.15, -0.1) is 0 Å². The van der Waals surface area contributed by atoms with Crippen molar-refractivity contribution in [2.75, 3.05) is 11.4 Å². The molecule has 0 bridgehead atoms. The molecule has 0 aromatic heterocycles. The number of hydrogen-bond acceptors (Lipinski definition) is 3. The number of fused-ring (bicyclic) bond motifs is 2. The lowest BCUT2D eigenvalue weighted by molar-refractivity contribution is -0.125. The van der Waals surface area contributed by atoms with Gasteiger partial charge in [0.15, 0.2) is 0 Å². The second kappa shape index (κ2) is 9.04. The van der Waals surface area contributed by atoms with Gasteiger partial charge in [0, 0.05) is 11.8 Å². The molecular weight excluding hydrogens is 386 g/mol. The zero-order valence-corrected chi connectivity index (χ0v) is 18.6. The zero-order chi connectivity index (χ0) is 22.0. The quantitative estimate of drug-likeness (QED) is 0.743. The Bertz CT molecular complexity index is 1010. The van der Waals surface area contributed by atoms with Crippen LogP contribution in [0.15, 0.2) is 47.5 Å². The minimum Gasteiger partial charge on any atom is -0.352 e. The van der Waals surface area contributed by atoms with Gasteiger partial charge in [0.1, 0.15) is 6.54 Å². The maximum Gasteiger partial charge on any atom is 0.240 e. The number of benzene rings is 2. The highest BCUT2D eigenvalue weighted by atomic mass is 16.2. The van der Waals surface area contributed by atoms with E-state index in [1.807, 2.05) is 44.2 Å². The van der Waals surface area contributed by atoms with E-state index in [2.05, 4.69) is 24.4 Å². The number of aryl methyl sites for hydroxylation is 3. The average molecular weight is 418 g/mol. The summed E-state index contributed by atoms with van der Waals surface area (Å²) in [5.41, 5.74) is 6.03. The molecule has 1 fully saturated rings. The standard InChI is InChI=1S/C26H31N3O2/c1-17-14-23-24(15-18(17)2)29(26(31)21-10-7-11-22(21)28-23)16-25(30)27-19(3)12-13-20-8-5-4-6-9-20/h4-6,8-9,14-15,19,21H,7,10-13,16H2,1-3H3,(H,27,30)/t19-,21-/m0/s1. The molecule has 1 N–H and O–H groups in total. The van der Waals surface area contributed by atoms with E-state index in [0.29, 0.717) is 0 Å². The Morgan fingerprint density at radius 1 is 1.19 bits per heavy atom. The van der Waals surface area contributed by atoms with Crippen LogP contribution in [0, 0.1) is 19.8 Å². The highest BCUT2D eigenvalue weighted by Crippen LogP contribution is 2.39. The molecule has 5 heteroatoms. The first-order chi connectivity index (χ1) is 14.9. The summed E-state index contributed by atoms with van der Waals surface area (Å²) in [6, 6.07) is 14.4. The van der Waals surface area contributed by atoms with Gasteiger partial charge in [0.2, 0.25) is 11.8 Å². The summed E-state index contributed by atoms with van der Waals surface area (Å²) in [4.78, 5) is 32.8. The molecule has 2 aromatic carbocycles. The smallest absolute Gasteiger partial charge is 0.240 e. The fourth-order valence-electron chi connectivity index (χ4n) is 4.51. The number of nitrogens with one attached hydrogen (secondary N) is 1. The second-order valence-corrected chi connectivity index (χ2v) is 8.89. The van der Waals surface area contributed by atoms with E-state index in [9.17, 15) is 9.59 Å². The summed E-state index contributed by atoms with van der Waals surface area (Å²) in [6.45, 7) is 6.14. The molecule has 2 aromatic rings. The number of nitrogens with zero attached hydrogens (tertiary/aromatic N) is 2. The van der Waals surface area contributed by atoms with Crippen molar-refractivity contribution in [3.05, 3.63) is 59.2 Å². The highest BCUT2D eigenvalue weighted by Gasteiger charge is 2.37. The van der Waals surface area contributed by atoms with Crippen LogP contribution in [0.2, 0.25) is 0 Å². The van der Waals surface area contributed by atoms with Crippen LogP contribution >= 0.6 is 0 Å². The molecule has 162 valence electrons. The van der Waals surface area contributed by atoms with Gasteiger partial charge in [-0.3, -0.25) is 14.6 Å². The van der Waals surface area contributed by atoms with Crippen molar-refractivity contribution in [3.8, 4) is 0 Å². The van der Waals surface area contributed by atoms with Crippen LogP contribution in [-0.4, -0.2) is 30.1 Å². The van der Waals surface area contributed by atoms with Crippen molar-refractivity contribution in [1.82, 2.24) is 5.32 Å². The van der Waals surface area contributed by atoms with Crippen molar-refractivity contribution >= 4 is 28.9 Å². The van der Waals surface area contributed by atoms with Crippen LogP contribution in [0.4, 0.5) is 11.4 Å². The lowest BCUT2D eigenvalue weighted by atomic mass is 10.0. The van der Waals surface area contributed by atoms with E-state index < -0.39 is 0 Å². The molecule has 2 atom stereocenters. The highest BCUT2D eigenvalue weighted by molar-refractivity contribution is 6.16. The Morgan fingerprint density at radius 3 is 2.71 bits per heavy atom. The van der Waals surface area contributed by atoms with E-state index in [4.69, 9.17) is 4.99 Å². The Labute approximate surface area is 184 Å². The largest absolute Gasteiger partial charge is 0.352 e. The monoisotopic (exact) mass is 417 g/mol. The van der Waals surface area contributed by atoms with Crippen LogP contribution < -0.4 is 10.2 Å². The maximum atomic E-state index is 13.4. The molecule has 31 heavy (non-hydrogen) atoms. The van der Waals surface area contributed by atoms with Crippen molar-refractivity contribution in [2.24, 2.45) is 10.9 Å². The summed E-state index contributed by atoms with van der Waals surface area (Å²) in [6.07, 6.45) is 4.42. The number of rotatable bonds is 6. The zero-order valence-electron chi connectivity index (χ0n) is 18.6. The molecule has 1 aliphatic carbocycles. The summed E-state index contributed by atoms with van der Waals surface area (Å²) in [7, 11) is 0.